The lowest BCUT2D eigenvalue weighted by atomic mass is 9.97. The number of aromatic amines is 1. The Morgan fingerprint density at radius 1 is 0.929 bits per heavy atom. The molecule has 296 valence electrons. The van der Waals surface area contributed by atoms with Crippen LogP contribution in [-0.2, 0) is 26.2 Å². The number of carboxylic acids is 1. The Morgan fingerprint density at radius 3 is 2.25 bits per heavy atom. The molecule has 2 aromatic heterocycles. The summed E-state index contributed by atoms with van der Waals surface area (Å²) in [6.45, 7) is 11.3. The van der Waals surface area contributed by atoms with Gasteiger partial charge >= 0.3 is 12.0 Å². The van der Waals surface area contributed by atoms with Crippen molar-refractivity contribution in [3.05, 3.63) is 102 Å². The molecule has 3 amide bonds. The van der Waals surface area contributed by atoms with Crippen molar-refractivity contribution in [2.75, 3.05) is 5.32 Å². The van der Waals surface area contributed by atoms with E-state index in [4.69, 9.17) is 0 Å². The number of H-pyrrole nitrogens is 1. The molecule has 5 rings (SSSR count). The van der Waals surface area contributed by atoms with Gasteiger partial charge in [0, 0.05) is 42.7 Å². The summed E-state index contributed by atoms with van der Waals surface area (Å²) in [6, 6.07) is 22.8. The smallest absolute Gasteiger partial charge is 0.328 e. The van der Waals surface area contributed by atoms with Crippen LogP contribution >= 0.6 is 0 Å². The maximum atomic E-state index is 12.9. The molecule has 0 saturated carbocycles. The SMILES string of the molecule is CCCCC(=O)N(Cc1ccc(-c2ccccc2-c2nn[nH]n2)cc1)[C@H](C(=O)O)C(C)C.Cc1cccc(Nc2ccncc2S(=O)(=O)NC(=O)NC(C)C)c1. The molecule has 0 radical (unpaired) electrons. The molecule has 0 saturated heterocycles. The molecule has 0 fully saturated rings. The average Bonchev–Trinajstić information content (AvgIpc) is 3.69. The number of pyridine rings is 1. The van der Waals surface area contributed by atoms with Crippen LogP contribution in [0.5, 0.6) is 0 Å². The molecule has 0 unspecified atom stereocenters. The molecule has 5 N–H and O–H groups in total. The molecule has 0 spiro atoms. The van der Waals surface area contributed by atoms with Crippen molar-refractivity contribution in [3.63, 3.8) is 0 Å². The number of rotatable bonds is 15. The Balaban J connectivity index is 0.000000259. The molecule has 2 heterocycles. The van der Waals surface area contributed by atoms with Gasteiger partial charge in [0.25, 0.3) is 10.0 Å². The fourth-order valence-corrected chi connectivity index (χ4v) is 6.85. The number of unbranched alkanes of at least 4 members (excludes halogenated alkanes) is 1. The zero-order chi connectivity index (χ0) is 40.8. The highest BCUT2D eigenvalue weighted by molar-refractivity contribution is 7.90. The summed E-state index contributed by atoms with van der Waals surface area (Å²) >= 11 is 0. The zero-order valence-electron chi connectivity index (χ0n) is 32.4. The van der Waals surface area contributed by atoms with E-state index >= 15 is 0 Å². The maximum absolute atomic E-state index is 12.9. The lowest BCUT2D eigenvalue weighted by Crippen LogP contribution is -2.47. The lowest BCUT2D eigenvalue weighted by Gasteiger charge is -2.32. The molecule has 1 atom stereocenters. The van der Waals surface area contributed by atoms with Crippen LogP contribution in [0.25, 0.3) is 22.5 Å². The Bertz CT molecular complexity index is 2180. The quantitative estimate of drug-likeness (QED) is 0.0755. The Labute approximate surface area is 327 Å². The van der Waals surface area contributed by atoms with Gasteiger partial charge in [0.1, 0.15) is 10.9 Å². The number of nitrogens with zero attached hydrogens (tertiary/aromatic N) is 5. The van der Waals surface area contributed by atoms with E-state index in [2.05, 4.69) is 36.2 Å². The third-order valence-electron chi connectivity index (χ3n) is 8.43. The first-order chi connectivity index (χ1) is 26.7. The maximum Gasteiger partial charge on any atom is 0.328 e. The number of hydrogen-bond acceptors (Lipinski definition) is 10. The van der Waals surface area contributed by atoms with Crippen molar-refractivity contribution in [1.29, 1.82) is 0 Å². The van der Waals surface area contributed by atoms with Gasteiger partial charge in [-0.25, -0.2) is 22.7 Å². The summed E-state index contributed by atoms with van der Waals surface area (Å²) in [4.78, 5) is 41.7. The number of hydrogen-bond donors (Lipinski definition) is 5. The fraction of sp³-hybridized carbons (Fsp3) is 0.325. The summed E-state index contributed by atoms with van der Waals surface area (Å²) in [7, 11) is -4.05. The van der Waals surface area contributed by atoms with Crippen LogP contribution in [0.15, 0.2) is 96.2 Å². The third kappa shape index (κ3) is 11.9. The van der Waals surface area contributed by atoms with Gasteiger partial charge in [0.15, 0.2) is 0 Å². The first-order valence-corrected chi connectivity index (χ1v) is 19.7. The summed E-state index contributed by atoms with van der Waals surface area (Å²) in [5.74, 6) is -0.784. The van der Waals surface area contributed by atoms with E-state index in [1.165, 1.54) is 23.4 Å². The van der Waals surface area contributed by atoms with E-state index in [-0.39, 0.29) is 29.3 Å². The van der Waals surface area contributed by atoms with E-state index in [1.54, 1.807) is 13.8 Å². The highest BCUT2D eigenvalue weighted by Gasteiger charge is 2.32. The second kappa shape index (κ2) is 20.0. The number of nitrogens with one attached hydrogen (secondary N) is 4. The van der Waals surface area contributed by atoms with Gasteiger partial charge < -0.3 is 20.6 Å². The summed E-state index contributed by atoms with van der Waals surface area (Å²) < 4.78 is 26.9. The van der Waals surface area contributed by atoms with Crippen LogP contribution < -0.4 is 15.4 Å². The van der Waals surface area contributed by atoms with Gasteiger partial charge in [-0.05, 0) is 78.8 Å². The molecule has 5 aromatic rings. The van der Waals surface area contributed by atoms with Crippen molar-refractivity contribution in [1.82, 2.24) is 40.5 Å². The van der Waals surface area contributed by atoms with Crippen LogP contribution in [0.2, 0.25) is 0 Å². The molecule has 0 bridgehead atoms. The zero-order valence-corrected chi connectivity index (χ0v) is 33.2. The molecular formula is C40H49N9O6S. The van der Waals surface area contributed by atoms with Crippen LogP contribution in [0.4, 0.5) is 16.2 Å². The minimum absolute atomic E-state index is 0.106. The Kier molecular flexibility index (Phi) is 15.2. The largest absolute Gasteiger partial charge is 0.480 e. The van der Waals surface area contributed by atoms with Crippen molar-refractivity contribution in [3.8, 4) is 22.5 Å². The number of anilines is 2. The van der Waals surface area contributed by atoms with Crippen LogP contribution in [0.3, 0.4) is 0 Å². The minimum atomic E-state index is -4.05. The Morgan fingerprint density at radius 2 is 1.64 bits per heavy atom. The number of aryl methyl sites for hydroxylation is 1. The fourth-order valence-electron chi connectivity index (χ4n) is 5.83. The van der Waals surface area contributed by atoms with Crippen molar-refractivity contribution in [2.45, 2.75) is 84.3 Å². The monoisotopic (exact) mass is 783 g/mol. The van der Waals surface area contributed by atoms with Gasteiger partial charge in [0.05, 0.1) is 5.69 Å². The molecular weight excluding hydrogens is 735 g/mol. The standard InChI is InChI=1S/C24H29N5O3.C16H20N4O3S/c1-4-5-10-21(30)29(22(16(2)3)24(31)32)15-17-11-13-18(14-12-17)19-8-6-7-9-20(19)23-25-27-28-26-23;1-11(2)18-16(21)20-24(22,23)15-10-17-8-7-14(15)19-13-6-4-5-12(3)9-13/h6-9,11-14,16,22H,4-5,10,15H2,1-3H3,(H,31,32)(H,25,26,27,28);4-11H,1-3H3,(H,17,19)(H2,18,20,21)/t22-;/m0./s1. The van der Waals surface area contributed by atoms with Gasteiger partial charge in [-0.15, -0.1) is 10.2 Å². The number of tetrazole rings is 1. The molecule has 0 aliphatic heterocycles. The van der Waals surface area contributed by atoms with Crippen LogP contribution in [0.1, 0.15) is 65.0 Å². The van der Waals surface area contributed by atoms with E-state index in [0.29, 0.717) is 17.9 Å². The number of carboxylic acid groups (broad SMARTS) is 1. The topological polar surface area (TPSA) is 212 Å². The second-order valence-electron chi connectivity index (χ2n) is 13.7. The van der Waals surface area contributed by atoms with E-state index < -0.39 is 28.1 Å². The molecule has 0 aliphatic rings. The number of carbonyl (C=O) groups excluding carboxylic acids is 2. The number of benzene rings is 3. The second-order valence-corrected chi connectivity index (χ2v) is 15.4. The predicted octanol–water partition coefficient (Wildman–Crippen LogP) is 6.69. The summed E-state index contributed by atoms with van der Waals surface area (Å²) in [5, 5.41) is 29.6. The number of carbonyl (C=O) groups is 3. The minimum Gasteiger partial charge on any atom is -0.480 e. The van der Waals surface area contributed by atoms with Crippen molar-refractivity contribution in [2.24, 2.45) is 5.92 Å². The number of amides is 3. The van der Waals surface area contributed by atoms with E-state index in [1.807, 2.05) is 105 Å². The first kappa shape index (κ1) is 42.6. The van der Waals surface area contributed by atoms with Gasteiger partial charge in [0.2, 0.25) is 11.7 Å². The van der Waals surface area contributed by atoms with E-state index in [0.717, 1.165) is 46.3 Å². The van der Waals surface area contributed by atoms with Crippen molar-refractivity contribution < 1.29 is 27.9 Å². The van der Waals surface area contributed by atoms with Crippen molar-refractivity contribution >= 4 is 39.3 Å². The molecule has 56 heavy (non-hydrogen) atoms. The lowest BCUT2D eigenvalue weighted by molar-refractivity contribution is -0.153. The highest BCUT2D eigenvalue weighted by Crippen LogP contribution is 2.30. The van der Waals surface area contributed by atoms with Gasteiger partial charge in [-0.1, -0.05) is 87.9 Å². The molecule has 16 heteroatoms. The molecule has 0 aliphatic carbocycles. The predicted molar refractivity (Wildman–Crippen MR) is 214 cm³/mol. The average molecular weight is 784 g/mol. The third-order valence-corrected chi connectivity index (χ3v) is 9.79. The van der Waals surface area contributed by atoms with Gasteiger partial charge in [-0.2, -0.15) is 5.21 Å². The van der Waals surface area contributed by atoms with E-state index in [9.17, 15) is 27.9 Å². The van der Waals surface area contributed by atoms with Crippen LogP contribution in [0, 0.1) is 12.8 Å². The first-order valence-electron chi connectivity index (χ1n) is 18.3. The molecule has 15 nitrogen and oxygen atoms in total. The number of aromatic nitrogens is 5. The highest BCUT2D eigenvalue weighted by atomic mass is 32.2. The number of aliphatic carboxylic acids is 1. The van der Waals surface area contributed by atoms with Gasteiger partial charge in [-0.3, -0.25) is 9.78 Å². The Hall–Kier alpha value is -6.16. The number of sulfonamides is 1. The number of urea groups is 1. The van der Waals surface area contributed by atoms with Crippen LogP contribution in [-0.4, -0.2) is 74.0 Å². The normalized spacial score (nSPS) is 11.6. The summed E-state index contributed by atoms with van der Waals surface area (Å²) in [6.07, 6.45) is 4.65. The summed E-state index contributed by atoms with van der Waals surface area (Å²) in [5.41, 5.74) is 5.77. The molecule has 3 aromatic carbocycles.